The van der Waals surface area contributed by atoms with Crippen molar-refractivity contribution in [3.8, 4) is 5.75 Å². The number of nitrogens with zero attached hydrogens (tertiary/aromatic N) is 2. The van der Waals surface area contributed by atoms with E-state index in [0.29, 0.717) is 43.1 Å². The second-order valence-electron chi connectivity index (χ2n) is 8.57. The van der Waals surface area contributed by atoms with E-state index >= 15 is 0 Å². The molecule has 0 spiro atoms. The van der Waals surface area contributed by atoms with E-state index in [1.165, 1.54) is 0 Å². The first-order valence-electron chi connectivity index (χ1n) is 12.1. The molecule has 2 aromatic rings. The molecule has 1 saturated heterocycles. The molecule has 0 bridgehead atoms. The van der Waals surface area contributed by atoms with Crippen molar-refractivity contribution in [1.29, 1.82) is 0 Å². The van der Waals surface area contributed by atoms with Crippen LogP contribution in [0, 0.1) is 5.92 Å². The number of allylic oxidation sites excluding steroid dienone is 1. The molecule has 9 heteroatoms. The predicted octanol–water partition coefficient (Wildman–Crippen LogP) is 3.41. The molecule has 2 N–H and O–H groups in total. The van der Waals surface area contributed by atoms with Gasteiger partial charge in [0.15, 0.2) is 6.61 Å². The number of para-hydroxylation sites is 3. The van der Waals surface area contributed by atoms with Crippen LogP contribution in [0.2, 0.25) is 0 Å². The summed E-state index contributed by atoms with van der Waals surface area (Å²) in [6, 6.07) is 16.5. The van der Waals surface area contributed by atoms with Gasteiger partial charge in [-0.3, -0.25) is 9.59 Å². The summed E-state index contributed by atoms with van der Waals surface area (Å²) in [6.07, 6.45) is 1.00. The molecular weight excluding hydrogens is 460 g/mol. The van der Waals surface area contributed by atoms with Gasteiger partial charge >= 0.3 is 5.97 Å². The number of nitrogens with one attached hydrogen (secondary N) is 2. The van der Waals surface area contributed by atoms with Gasteiger partial charge in [0, 0.05) is 24.7 Å². The van der Waals surface area contributed by atoms with Crippen LogP contribution in [0.25, 0.3) is 0 Å². The maximum atomic E-state index is 13.2. The average molecular weight is 491 g/mol. The summed E-state index contributed by atoms with van der Waals surface area (Å²) in [7, 11) is 0. The largest absolute Gasteiger partial charge is 0.484 e. The highest BCUT2D eigenvalue weighted by Crippen LogP contribution is 2.30. The average Bonchev–Trinajstić information content (AvgIpc) is 3.03. The topological polar surface area (TPSA) is 109 Å². The Kier molecular flexibility index (Phi) is 7.99. The highest BCUT2D eigenvalue weighted by molar-refractivity contribution is 6.24. The van der Waals surface area contributed by atoms with Gasteiger partial charge in [0.2, 0.25) is 5.91 Å². The molecule has 188 valence electrons. The number of rotatable bonds is 6. The second kappa shape index (κ2) is 11.5. The standard InChI is InChI=1S/C27H30N4O5/c1-3-35-27(34)24-18(2)28-21-11-7-8-12-22(21)29-25(24)30-26(33)19-13-15-31(16-14-19)23(32)17-36-20-9-5-4-6-10-20/h4-12,19,28H,3,13-17H2,1-2H3,(H,29,30,33). The molecule has 0 atom stereocenters. The Balaban J connectivity index is 1.41. The van der Waals surface area contributed by atoms with Crippen molar-refractivity contribution in [3.05, 3.63) is 65.9 Å². The smallest absolute Gasteiger partial charge is 0.343 e. The maximum absolute atomic E-state index is 13.2. The lowest BCUT2D eigenvalue weighted by Crippen LogP contribution is -2.46. The molecule has 2 aromatic carbocycles. The van der Waals surface area contributed by atoms with Gasteiger partial charge in [-0.05, 0) is 51.0 Å². The van der Waals surface area contributed by atoms with Crippen LogP contribution in [0.15, 0.2) is 70.9 Å². The Hall–Kier alpha value is -4.14. The minimum absolute atomic E-state index is 0.0446. The number of piperidine rings is 1. The minimum Gasteiger partial charge on any atom is -0.484 e. The van der Waals surface area contributed by atoms with Gasteiger partial charge in [-0.1, -0.05) is 30.3 Å². The number of carbonyl (C=O) groups excluding carboxylic acids is 3. The number of ether oxygens (including phenoxy) is 2. The van der Waals surface area contributed by atoms with E-state index in [4.69, 9.17) is 9.47 Å². The number of esters is 1. The Morgan fingerprint density at radius 3 is 2.47 bits per heavy atom. The molecule has 0 radical (unpaired) electrons. The number of benzene rings is 2. The number of likely N-dealkylation sites (tertiary alicyclic amines) is 1. The van der Waals surface area contributed by atoms with Crippen molar-refractivity contribution in [2.75, 3.05) is 31.6 Å². The van der Waals surface area contributed by atoms with Crippen molar-refractivity contribution >= 4 is 35.0 Å². The van der Waals surface area contributed by atoms with Crippen molar-refractivity contribution in [3.63, 3.8) is 0 Å². The molecule has 2 aliphatic rings. The van der Waals surface area contributed by atoms with Crippen LogP contribution in [0.5, 0.6) is 5.75 Å². The first-order valence-corrected chi connectivity index (χ1v) is 12.1. The predicted molar refractivity (Wildman–Crippen MR) is 136 cm³/mol. The number of amidine groups is 1. The molecule has 36 heavy (non-hydrogen) atoms. The molecule has 9 nitrogen and oxygen atoms in total. The third-order valence-electron chi connectivity index (χ3n) is 6.12. The van der Waals surface area contributed by atoms with E-state index in [0.717, 1.165) is 5.69 Å². The fourth-order valence-electron chi connectivity index (χ4n) is 4.20. The summed E-state index contributed by atoms with van der Waals surface area (Å²) in [5.74, 6) is -0.438. The first-order chi connectivity index (χ1) is 17.5. The SMILES string of the molecule is CCOC(=O)C1=C(C)Nc2ccccc2N=C1NC(=O)C1CCN(C(=O)COc2ccccc2)CC1. The lowest BCUT2D eigenvalue weighted by molar-refractivity contribution is -0.138. The normalized spacial score (nSPS) is 15.7. The van der Waals surface area contributed by atoms with E-state index in [-0.39, 0.29) is 42.4 Å². The summed E-state index contributed by atoms with van der Waals surface area (Å²) < 4.78 is 10.8. The molecule has 0 saturated carbocycles. The molecule has 0 aromatic heterocycles. The summed E-state index contributed by atoms with van der Waals surface area (Å²) >= 11 is 0. The Morgan fingerprint density at radius 2 is 1.75 bits per heavy atom. The lowest BCUT2D eigenvalue weighted by atomic mass is 9.95. The van der Waals surface area contributed by atoms with Crippen molar-refractivity contribution in [2.24, 2.45) is 10.9 Å². The van der Waals surface area contributed by atoms with Crippen LogP contribution < -0.4 is 15.4 Å². The minimum atomic E-state index is -0.562. The van der Waals surface area contributed by atoms with Crippen molar-refractivity contribution < 1.29 is 23.9 Å². The van der Waals surface area contributed by atoms with Crippen LogP contribution in [0.3, 0.4) is 0 Å². The fraction of sp³-hybridized carbons (Fsp3) is 0.333. The Labute approximate surface area is 210 Å². The van der Waals surface area contributed by atoms with Crippen LogP contribution in [-0.2, 0) is 19.1 Å². The van der Waals surface area contributed by atoms with E-state index in [9.17, 15) is 14.4 Å². The zero-order chi connectivity index (χ0) is 25.5. The Bertz CT molecular complexity index is 1180. The number of fused-ring (bicyclic) bond motifs is 1. The lowest BCUT2D eigenvalue weighted by Gasteiger charge is -2.31. The zero-order valence-corrected chi connectivity index (χ0v) is 20.5. The molecule has 0 aliphatic carbocycles. The molecular formula is C27H30N4O5. The number of anilines is 1. The highest BCUT2D eigenvalue weighted by atomic mass is 16.5. The molecule has 0 unspecified atom stereocenters. The van der Waals surface area contributed by atoms with Crippen molar-refractivity contribution in [1.82, 2.24) is 10.2 Å². The number of aliphatic imine (C=N–C) groups is 1. The summed E-state index contributed by atoms with van der Waals surface area (Å²) in [6.45, 7) is 4.53. The van der Waals surface area contributed by atoms with Gasteiger partial charge in [-0.15, -0.1) is 0 Å². The van der Waals surface area contributed by atoms with Gasteiger partial charge in [0.05, 0.1) is 18.0 Å². The van der Waals surface area contributed by atoms with E-state index in [1.807, 2.05) is 36.4 Å². The van der Waals surface area contributed by atoms with Gasteiger partial charge in [0.1, 0.15) is 17.2 Å². The van der Waals surface area contributed by atoms with Crippen LogP contribution in [-0.4, -0.2) is 54.8 Å². The third kappa shape index (κ3) is 5.91. The van der Waals surface area contributed by atoms with E-state index in [1.54, 1.807) is 36.9 Å². The molecule has 1 fully saturated rings. The molecule has 2 heterocycles. The fourth-order valence-corrected chi connectivity index (χ4v) is 4.20. The molecule has 2 amide bonds. The van der Waals surface area contributed by atoms with Crippen LogP contribution >= 0.6 is 0 Å². The summed E-state index contributed by atoms with van der Waals surface area (Å²) in [5, 5.41) is 6.06. The first kappa shape index (κ1) is 25.0. The van der Waals surface area contributed by atoms with Crippen LogP contribution in [0.4, 0.5) is 11.4 Å². The Morgan fingerprint density at radius 1 is 1.06 bits per heavy atom. The van der Waals surface area contributed by atoms with Crippen LogP contribution in [0.1, 0.15) is 26.7 Å². The number of amides is 2. The molecule has 2 aliphatic heterocycles. The van der Waals surface area contributed by atoms with E-state index in [2.05, 4.69) is 15.6 Å². The number of carbonyl (C=O) groups is 3. The number of hydrogen-bond donors (Lipinski definition) is 2. The number of hydrogen-bond acceptors (Lipinski definition) is 7. The van der Waals surface area contributed by atoms with E-state index < -0.39 is 5.97 Å². The maximum Gasteiger partial charge on any atom is 0.343 e. The van der Waals surface area contributed by atoms with Gasteiger partial charge in [-0.2, -0.15) is 0 Å². The van der Waals surface area contributed by atoms with Gasteiger partial charge in [0.25, 0.3) is 5.91 Å². The molecule has 4 rings (SSSR count). The van der Waals surface area contributed by atoms with Gasteiger partial charge < -0.3 is 25.0 Å². The zero-order valence-electron chi connectivity index (χ0n) is 20.5. The van der Waals surface area contributed by atoms with Crippen molar-refractivity contribution in [2.45, 2.75) is 26.7 Å². The third-order valence-corrected chi connectivity index (χ3v) is 6.12. The summed E-state index contributed by atoms with van der Waals surface area (Å²) in [4.78, 5) is 44.8. The van der Waals surface area contributed by atoms with Gasteiger partial charge in [-0.25, -0.2) is 9.79 Å². The quantitative estimate of drug-likeness (QED) is 0.601. The highest BCUT2D eigenvalue weighted by Gasteiger charge is 2.31. The second-order valence-corrected chi connectivity index (χ2v) is 8.57. The monoisotopic (exact) mass is 490 g/mol. The summed E-state index contributed by atoms with van der Waals surface area (Å²) in [5.41, 5.74) is 2.05.